The van der Waals surface area contributed by atoms with E-state index in [0.29, 0.717) is 12.5 Å². The van der Waals surface area contributed by atoms with Gasteiger partial charge in [-0.1, -0.05) is 12.8 Å². The summed E-state index contributed by atoms with van der Waals surface area (Å²) in [6.45, 7) is 8.58. The number of likely N-dealkylation sites (tertiary alicyclic amines) is 1. The first kappa shape index (κ1) is 10.6. The van der Waals surface area contributed by atoms with Crippen molar-refractivity contribution in [3.8, 4) is 12.3 Å². The third kappa shape index (κ3) is 4.31. The van der Waals surface area contributed by atoms with Crippen LogP contribution in [0.1, 0.15) is 12.8 Å². The van der Waals surface area contributed by atoms with Crippen molar-refractivity contribution < 1.29 is 4.74 Å². The first-order valence-electron chi connectivity index (χ1n) is 4.89. The largest absolute Gasteiger partial charge is 0.367 e. The van der Waals surface area contributed by atoms with Gasteiger partial charge in [0.25, 0.3) is 0 Å². The van der Waals surface area contributed by atoms with Gasteiger partial charge in [-0.3, -0.25) is 0 Å². The minimum Gasteiger partial charge on any atom is -0.367 e. The molecule has 0 aliphatic carbocycles. The van der Waals surface area contributed by atoms with Crippen molar-refractivity contribution in [2.24, 2.45) is 5.92 Å². The second-order valence-corrected chi connectivity index (χ2v) is 3.54. The highest BCUT2D eigenvalue weighted by atomic mass is 16.5. The van der Waals surface area contributed by atoms with Gasteiger partial charge in [-0.25, -0.2) is 0 Å². The lowest BCUT2D eigenvalue weighted by atomic mass is 9.99. The van der Waals surface area contributed by atoms with Crippen LogP contribution in [0.25, 0.3) is 0 Å². The van der Waals surface area contributed by atoms with Crippen LogP contribution in [0.2, 0.25) is 0 Å². The lowest BCUT2D eigenvalue weighted by Gasteiger charge is -2.29. The van der Waals surface area contributed by atoms with E-state index in [1.807, 2.05) is 0 Å². The molecule has 1 fully saturated rings. The Hall–Kier alpha value is -0.520. The first-order chi connectivity index (χ1) is 6.33. The molecule has 0 spiro atoms. The van der Waals surface area contributed by atoms with Crippen molar-refractivity contribution in [1.82, 2.24) is 4.90 Å². The Morgan fingerprint density at radius 2 is 2.15 bits per heavy atom. The van der Waals surface area contributed by atoms with Crippen LogP contribution in [0.5, 0.6) is 0 Å². The molecular formula is C11H18NO. The zero-order valence-electron chi connectivity index (χ0n) is 8.17. The Morgan fingerprint density at radius 1 is 1.46 bits per heavy atom. The molecule has 0 saturated carbocycles. The number of terminal acetylenes is 1. The third-order valence-electron chi connectivity index (χ3n) is 2.44. The summed E-state index contributed by atoms with van der Waals surface area (Å²) in [5, 5.41) is 0. The average molecular weight is 180 g/mol. The number of hydrogen-bond acceptors (Lipinski definition) is 2. The van der Waals surface area contributed by atoms with E-state index in [9.17, 15) is 0 Å². The minimum atomic E-state index is 0.436. The Bertz CT molecular complexity index is 165. The fourth-order valence-electron chi connectivity index (χ4n) is 1.53. The number of piperidine rings is 1. The number of rotatable bonds is 4. The van der Waals surface area contributed by atoms with Crippen LogP contribution in [0, 0.1) is 25.2 Å². The van der Waals surface area contributed by atoms with Crippen molar-refractivity contribution >= 4 is 0 Å². The summed E-state index contributed by atoms with van der Waals surface area (Å²) in [6.07, 6.45) is 7.50. The molecule has 0 aromatic rings. The second-order valence-electron chi connectivity index (χ2n) is 3.54. The number of nitrogens with zero attached hydrogens (tertiary/aromatic N) is 1. The molecular weight excluding hydrogens is 162 g/mol. The molecule has 0 aromatic carbocycles. The highest BCUT2D eigenvalue weighted by Gasteiger charge is 2.14. The van der Waals surface area contributed by atoms with Gasteiger partial charge in [0.15, 0.2) is 0 Å². The molecule has 0 aromatic heterocycles. The van der Waals surface area contributed by atoms with Crippen LogP contribution in [0.4, 0.5) is 0 Å². The lowest BCUT2D eigenvalue weighted by Crippen LogP contribution is -2.35. The van der Waals surface area contributed by atoms with Gasteiger partial charge in [0.2, 0.25) is 0 Å². The zero-order valence-corrected chi connectivity index (χ0v) is 8.17. The van der Waals surface area contributed by atoms with Crippen molar-refractivity contribution in [2.45, 2.75) is 12.8 Å². The normalized spacial score (nSPS) is 20.0. The molecule has 0 amide bonds. The summed E-state index contributed by atoms with van der Waals surface area (Å²) in [5.74, 6) is 3.12. The molecule has 1 aliphatic rings. The molecule has 1 heterocycles. The van der Waals surface area contributed by atoms with Crippen LogP contribution in [-0.2, 0) is 4.74 Å². The summed E-state index contributed by atoms with van der Waals surface area (Å²) in [4.78, 5) is 2.41. The quantitative estimate of drug-likeness (QED) is 0.476. The van der Waals surface area contributed by atoms with Gasteiger partial charge >= 0.3 is 0 Å². The fourth-order valence-corrected chi connectivity index (χ4v) is 1.53. The maximum absolute atomic E-state index is 5.22. The van der Waals surface area contributed by atoms with Crippen LogP contribution in [0.15, 0.2) is 0 Å². The monoisotopic (exact) mass is 180 g/mol. The van der Waals surface area contributed by atoms with E-state index in [1.165, 1.54) is 12.8 Å². The molecule has 1 aliphatic heterocycles. The van der Waals surface area contributed by atoms with Crippen molar-refractivity contribution in [1.29, 1.82) is 0 Å². The molecule has 2 heteroatoms. The van der Waals surface area contributed by atoms with E-state index in [-0.39, 0.29) is 0 Å². The summed E-state index contributed by atoms with van der Waals surface area (Å²) in [5.41, 5.74) is 0. The highest BCUT2D eigenvalue weighted by molar-refractivity contribution is 4.82. The van der Waals surface area contributed by atoms with Gasteiger partial charge in [0.1, 0.15) is 6.61 Å². The Balaban J connectivity index is 2.00. The summed E-state index contributed by atoms with van der Waals surface area (Å²) in [7, 11) is 0. The molecule has 0 atom stereocenters. The highest BCUT2D eigenvalue weighted by Crippen LogP contribution is 2.14. The lowest BCUT2D eigenvalue weighted by molar-refractivity contribution is 0.111. The Morgan fingerprint density at radius 3 is 2.77 bits per heavy atom. The van der Waals surface area contributed by atoms with Gasteiger partial charge in [0, 0.05) is 6.54 Å². The predicted molar refractivity (Wildman–Crippen MR) is 54.2 cm³/mol. The van der Waals surface area contributed by atoms with Crippen LogP contribution in [-0.4, -0.2) is 37.7 Å². The Labute approximate surface area is 81.3 Å². The molecule has 1 rings (SSSR count). The fraction of sp³-hybridized carbons (Fsp3) is 0.727. The van der Waals surface area contributed by atoms with E-state index >= 15 is 0 Å². The third-order valence-corrected chi connectivity index (χ3v) is 2.44. The van der Waals surface area contributed by atoms with Gasteiger partial charge in [-0.05, 0) is 31.8 Å². The van der Waals surface area contributed by atoms with Crippen molar-refractivity contribution in [2.75, 3.05) is 32.8 Å². The number of hydrogen-bond donors (Lipinski definition) is 0. The molecule has 73 valence electrons. The maximum atomic E-state index is 5.22. The molecule has 0 unspecified atom stereocenters. The summed E-state index contributed by atoms with van der Waals surface area (Å²) in [6, 6.07) is 0. The van der Waals surface area contributed by atoms with Gasteiger partial charge in [0.05, 0.1) is 6.61 Å². The van der Waals surface area contributed by atoms with Gasteiger partial charge in [-0.2, -0.15) is 0 Å². The van der Waals surface area contributed by atoms with Crippen molar-refractivity contribution in [3.63, 3.8) is 0 Å². The summed E-state index contributed by atoms with van der Waals surface area (Å²) < 4.78 is 5.22. The van der Waals surface area contributed by atoms with Crippen LogP contribution < -0.4 is 0 Å². The van der Waals surface area contributed by atoms with Gasteiger partial charge < -0.3 is 9.64 Å². The number of ether oxygens (including phenoxy) is 1. The summed E-state index contributed by atoms with van der Waals surface area (Å²) >= 11 is 0. The predicted octanol–water partition coefficient (Wildman–Crippen LogP) is 1.18. The molecule has 0 bridgehead atoms. The maximum Gasteiger partial charge on any atom is 0.107 e. The average Bonchev–Trinajstić information content (AvgIpc) is 2.15. The minimum absolute atomic E-state index is 0.436. The molecule has 1 radical (unpaired) electrons. The topological polar surface area (TPSA) is 12.5 Å². The Kier molecular flexibility index (Phi) is 4.88. The van der Waals surface area contributed by atoms with E-state index in [2.05, 4.69) is 17.7 Å². The van der Waals surface area contributed by atoms with Crippen LogP contribution in [0.3, 0.4) is 0 Å². The molecule has 1 saturated heterocycles. The van der Waals surface area contributed by atoms with Gasteiger partial charge in [-0.15, -0.1) is 6.42 Å². The van der Waals surface area contributed by atoms with E-state index in [4.69, 9.17) is 11.2 Å². The van der Waals surface area contributed by atoms with Crippen molar-refractivity contribution in [3.05, 3.63) is 6.92 Å². The molecule has 2 nitrogen and oxygen atoms in total. The van der Waals surface area contributed by atoms with E-state index in [1.54, 1.807) is 0 Å². The second kappa shape index (κ2) is 6.01. The van der Waals surface area contributed by atoms with E-state index in [0.717, 1.165) is 26.2 Å². The SMILES string of the molecule is C#CCOCCN1CCC([CH2])CC1. The molecule has 0 N–H and O–H groups in total. The standard InChI is InChI=1S/C11H18NO/c1-3-9-13-10-8-12-6-4-11(2)5-7-12/h1,11H,2,4-10H2. The zero-order chi connectivity index (χ0) is 9.52. The first-order valence-corrected chi connectivity index (χ1v) is 4.89. The molecule has 13 heavy (non-hydrogen) atoms. The van der Waals surface area contributed by atoms with Crippen LogP contribution >= 0.6 is 0 Å². The van der Waals surface area contributed by atoms with E-state index < -0.39 is 0 Å². The smallest absolute Gasteiger partial charge is 0.107 e.